The van der Waals surface area contributed by atoms with Crippen LogP contribution in [0.3, 0.4) is 0 Å². The van der Waals surface area contributed by atoms with Crippen molar-refractivity contribution < 1.29 is 4.79 Å². The van der Waals surface area contributed by atoms with Gasteiger partial charge in [0.1, 0.15) is 11.9 Å². The minimum absolute atomic E-state index is 0.0611. The first-order chi connectivity index (χ1) is 9.22. The highest BCUT2D eigenvalue weighted by Crippen LogP contribution is 2.06. The van der Waals surface area contributed by atoms with Crippen molar-refractivity contribution in [2.24, 2.45) is 7.05 Å². The molecule has 1 fully saturated rings. The molecule has 2 N–H and O–H groups in total. The zero-order chi connectivity index (χ0) is 13.7. The lowest BCUT2D eigenvalue weighted by molar-refractivity contribution is -0.126. The summed E-state index contributed by atoms with van der Waals surface area (Å²) in [5.74, 6) is 1.18. The Hall–Kier alpha value is -1.40. The van der Waals surface area contributed by atoms with Gasteiger partial charge in [0.05, 0.1) is 0 Å². The molecule has 6 heteroatoms. The van der Waals surface area contributed by atoms with Gasteiger partial charge >= 0.3 is 0 Å². The van der Waals surface area contributed by atoms with Crippen LogP contribution in [0, 0.1) is 0 Å². The molecular weight excluding hydrogens is 242 g/mol. The maximum Gasteiger partial charge on any atom is 0.238 e. The van der Waals surface area contributed by atoms with Gasteiger partial charge in [0.2, 0.25) is 5.91 Å². The Labute approximate surface area is 114 Å². The van der Waals surface area contributed by atoms with Gasteiger partial charge in [0.25, 0.3) is 0 Å². The van der Waals surface area contributed by atoms with Crippen molar-refractivity contribution in [3.63, 3.8) is 0 Å². The zero-order valence-electron chi connectivity index (χ0n) is 11.7. The normalized spacial score (nSPS) is 20.4. The van der Waals surface area contributed by atoms with Crippen LogP contribution in [-0.2, 0) is 18.3 Å². The number of piperazine rings is 1. The number of aryl methyl sites for hydroxylation is 1. The number of nitrogens with zero attached hydrogens (tertiary/aromatic N) is 3. The van der Waals surface area contributed by atoms with E-state index in [0.717, 1.165) is 38.4 Å². The maximum atomic E-state index is 12.0. The van der Waals surface area contributed by atoms with Crippen LogP contribution in [0.1, 0.15) is 12.7 Å². The first-order valence-electron chi connectivity index (χ1n) is 6.91. The van der Waals surface area contributed by atoms with Gasteiger partial charge < -0.3 is 15.2 Å². The van der Waals surface area contributed by atoms with E-state index in [4.69, 9.17) is 0 Å². The molecule has 0 spiro atoms. The summed E-state index contributed by atoms with van der Waals surface area (Å²) in [6.45, 7) is 6.08. The smallest absolute Gasteiger partial charge is 0.238 e. The third kappa shape index (κ3) is 3.54. The summed E-state index contributed by atoms with van der Waals surface area (Å²) in [6, 6.07) is -0.0611. The maximum absolute atomic E-state index is 12.0. The number of hydrogen-bond donors (Lipinski definition) is 2. The van der Waals surface area contributed by atoms with Gasteiger partial charge in [-0.15, -0.1) is 0 Å². The lowest BCUT2D eigenvalue weighted by atomic mass is 10.1. The van der Waals surface area contributed by atoms with Gasteiger partial charge in [-0.1, -0.05) is 0 Å². The molecule has 2 heterocycles. The van der Waals surface area contributed by atoms with E-state index in [2.05, 4.69) is 20.5 Å². The second kappa shape index (κ2) is 6.68. The van der Waals surface area contributed by atoms with Gasteiger partial charge in [-0.2, -0.15) is 0 Å². The molecule has 1 saturated heterocycles. The van der Waals surface area contributed by atoms with Gasteiger partial charge in [-0.25, -0.2) is 4.98 Å². The first kappa shape index (κ1) is 14.0. The van der Waals surface area contributed by atoms with Crippen LogP contribution in [0.4, 0.5) is 0 Å². The van der Waals surface area contributed by atoms with Crippen molar-refractivity contribution in [3.05, 3.63) is 18.2 Å². The number of carbonyl (C=O) groups is 1. The molecular formula is C13H23N5O. The SMILES string of the molecule is CCNC(=O)C1CNCCN1CCc1nccn1C. The fourth-order valence-corrected chi connectivity index (χ4v) is 2.45. The van der Waals surface area contributed by atoms with E-state index in [1.165, 1.54) is 0 Å². The molecule has 1 aliphatic rings. The Balaban J connectivity index is 1.92. The minimum atomic E-state index is -0.0611. The fourth-order valence-electron chi connectivity index (χ4n) is 2.45. The van der Waals surface area contributed by atoms with Gasteiger partial charge in [0.15, 0.2) is 0 Å². The molecule has 1 aromatic heterocycles. The predicted octanol–water partition coefficient (Wildman–Crippen LogP) is -0.627. The summed E-state index contributed by atoms with van der Waals surface area (Å²) in [4.78, 5) is 18.6. The molecule has 1 aliphatic heterocycles. The van der Waals surface area contributed by atoms with E-state index >= 15 is 0 Å². The van der Waals surface area contributed by atoms with Crippen LogP contribution >= 0.6 is 0 Å². The molecule has 0 aliphatic carbocycles. The number of nitrogens with one attached hydrogen (secondary N) is 2. The summed E-state index contributed by atoms with van der Waals surface area (Å²) in [5.41, 5.74) is 0. The van der Waals surface area contributed by atoms with Crippen LogP contribution < -0.4 is 10.6 Å². The molecule has 0 bridgehead atoms. The summed E-state index contributed by atoms with van der Waals surface area (Å²) in [5, 5.41) is 6.19. The lowest BCUT2D eigenvalue weighted by Gasteiger charge is -2.34. The standard InChI is InChI=1S/C13H23N5O/c1-3-15-13(19)11-10-14-5-9-18(11)7-4-12-16-6-8-17(12)2/h6,8,11,14H,3-5,7,9-10H2,1-2H3,(H,15,19). The zero-order valence-corrected chi connectivity index (χ0v) is 11.7. The quantitative estimate of drug-likeness (QED) is 0.744. The van der Waals surface area contributed by atoms with Crippen LogP contribution in [0.15, 0.2) is 12.4 Å². The summed E-state index contributed by atoms with van der Waals surface area (Å²) >= 11 is 0. The monoisotopic (exact) mass is 265 g/mol. The van der Waals surface area contributed by atoms with Gasteiger partial charge in [-0.05, 0) is 6.92 Å². The molecule has 106 valence electrons. The van der Waals surface area contributed by atoms with Crippen LogP contribution in [0.25, 0.3) is 0 Å². The first-order valence-corrected chi connectivity index (χ1v) is 6.91. The van der Waals surface area contributed by atoms with Crippen LogP contribution in [-0.4, -0.2) is 59.1 Å². The van der Waals surface area contributed by atoms with Crippen molar-refractivity contribution >= 4 is 5.91 Å². The molecule has 1 amide bonds. The molecule has 19 heavy (non-hydrogen) atoms. The highest BCUT2D eigenvalue weighted by molar-refractivity contribution is 5.82. The highest BCUT2D eigenvalue weighted by atomic mass is 16.2. The Morgan fingerprint density at radius 3 is 3.16 bits per heavy atom. The number of amides is 1. The number of rotatable bonds is 5. The second-order valence-electron chi connectivity index (χ2n) is 4.85. The second-order valence-corrected chi connectivity index (χ2v) is 4.85. The van der Waals surface area contributed by atoms with Crippen molar-refractivity contribution in [2.45, 2.75) is 19.4 Å². The van der Waals surface area contributed by atoms with Crippen LogP contribution in [0.2, 0.25) is 0 Å². The van der Waals surface area contributed by atoms with Crippen molar-refractivity contribution in [1.29, 1.82) is 0 Å². The Bertz CT molecular complexity index is 417. The number of aromatic nitrogens is 2. The van der Waals surface area contributed by atoms with E-state index < -0.39 is 0 Å². The van der Waals surface area contributed by atoms with Crippen molar-refractivity contribution in [2.75, 3.05) is 32.7 Å². The number of carbonyl (C=O) groups excluding carboxylic acids is 1. The summed E-state index contributed by atoms with van der Waals surface area (Å²) in [6.07, 6.45) is 4.64. The molecule has 0 saturated carbocycles. The minimum Gasteiger partial charge on any atom is -0.355 e. The molecule has 6 nitrogen and oxygen atoms in total. The third-order valence-electron chi connectivity index (χ3n) is 3.55. The summed E-state index contributed by atoms with van der Waals surface area (Å²) < 4.78 is 2.03. The van der Waals surface area contributed by atoms with E-state index in [-0.39, 0.29) is 11.9 Å². The molecule has 1 aromatic rings. The van der Waals surface area contributed by atoms with E-state index in [1.807, 2.05) is 30.9 Å². The van der Waals surface area contributed by atoms with E-state index in [0.29, 0.717) is 6.54 Å². The molecule has 0 aromatic carbocycles. The average Bonchev–Trinajstić information content (AvgIpc) is 2.82. The predicted molar refractivity (Wildman–Crippen MR) is 73.8 cm³/mol. The Morgan fingerprint density at radius 2 is 2.47 bits per heavy atom. The lowest BCUT2D eigenvalue weighted by Crippen LogP contribution is -2.58. The molecule has 0 radical (unpaired) electrons. The largest absolute Gasteiger partial charge is 0.355 e. The topological polar surface area (TPSA) is 62.2 Å². The van der Waals surface area contributed by atoms with Crippen molar-refractivity contribution in [1.82, 2.24) is 25.1 Å². The molecule has 1 unspecified atom stereocenters. The highest BCUT2D eigenvalue weighted by Gasteiger charge is 2.27. The number of likely N-dealkylation sites (N-methyl/N-ethyl adjacent to an activating group) is 1. The van der Waals surface area contributed by atoms with Crippen molar-refractivity contribution in [3.8, 4) is 0 Å². The van der Waals surface area contributed by atoms with Crippen LogP contribution in [0.5, 0.6) is 0 Å². The molecule has 1 atom stereocenters. The number of hydrogen-bond acceptors (Lipinski definition) is 4. The molecule has 2 rings (SSSR count). The van der Waals surface area contributed by atoms with E-state index in [1.54, 1.807) is 0 Å². The Morgan fingerprint density at radius 1 is 1.63 bits per heavy atom. The van der Waals surface area contributed by atoms with E-state index in [9.17, 15) is 4.79 Å². The Kier molecular flexibility index (Phi) is 4.93. The average molecular weight is 265 g/mol. The fraction of sp³-hybridized carbons (Fsp3) is 0.692. The summed E-state index contributed by atoms with van der Waals surface area (Å²) in [7, 11) is 2.00. The third-order valence-corrected chi connectivity index (χ3v) is 3.55. The van der Waals surface area contributed by atoms with Gasteiger partial charge in [-0.3, -0.25) is 9.69 Å². The number of imidazole rings is 1. The van der Waals surface area contributed by atoms with Gasteiger partial charge in [0, 0.05) is 58.6 Å².